The minimum absolute atomic E-state index is 0.0201. The first kappa shape index (κ1) is 14.4. The van der Waals surface area contributed by atoms with E-state index < -0.39 is 5.97 Å². The van der Waals surface area contributed by atoms with Gasteiger partial charge in [-0.15, -0.1) is 0 Å². The third-order valence-electron chi connectivity index (χ3n) is 3.58. The molecule has 2 rings (SSSR count). The molecule has 2 aromatic rings. The van der Waals surface area contributed by atoms with Crippen molar-refractivity contribution >= 4 is 16.9 Å². The van der Waals surface area contributed by atoms with Crippen LogP contribution in [0, 0.1) is 0 Å². The maximum atomic E-state index is 11.0. The maximum Gasteiger partial charge on any atom is 0.304 e. The Morgan fingerprint density at radius 2 is 2.00 bits per heavy atom. The van der Waals surface area contributed by atoms with Crippen molar-refractivity contribution in [2.75, 3.05) is 7.11 Å². The summed E-state index contributed by atoms with van der Waals surface area (Å²) in [6.45, 7) is 6.18. The molecule has 20 heavy (non-hydrogen) atoms. The highest BCUT2D eigenvalue weighted by molar-refractivity contribution is 5.83. The van der Waals surface area contributed by atoms with E-state index in [0.717, 1.165) is 22.3 Å². The highest BCUT2D eigenvalue weighted by Crippen LogP contribution is 2.32. The number of nitrogens with zero attached hydrogens (tertiary/aromatic N) is 1. The van der Waals surface area contributed by atoms with Gasteiger partial charge < -0.3 is 14.4 Å². The van der Waals surface area contributed by atoms with Gasteiger partial charge in [-0.25, -0.2) is 0 Å². The third-order valence-corrected chi connectivity index (χ3v) is 3.58. The highest BCUT2D eigenvalue weighted by Gasteiger charge is 2.19. The van der Waals surface area contributed by atoms with Crippen molar-refractivity contribution in [3.05, 3.63) is 30.0 Å². The Bertz CT molecular complexity index is 628. The van der Waals surface area contributed by atoms with E-state index in [1.54, 1.807) is 7.11 Å². The van der Waals surface area contributed by atoms with E-state index in [-0.39, 0.29) is 18.4 Å². The second kappa shape index (κ2) is 5.57. The molecular formula is C16H21NO3. The largest absolute Gasteiger partial charge is 0.497 e. The molecule has 0 fully saturated rings. The Morgan fingerprint density at radius 3 is 2.55 bits per heavy atom. The minimum Gasteiger partial charge on any atom is -0.497 e. The molecular weight excluding hydrogens is 254 g/mol. The molecule has 0 spiro atoms. The number of rotatable bonds is 5. The zero-order valence-corrected chi connectivity index (χ0v) is 12.4. The lowest BCUT2D eigenvalue weighted by Crippen LogP contribution is -2.11. The second-order valence-corrected chi connectivity index (χ2v) is 5.46. The number of benzene rings is 1. The number of ether oxygens (including phenoxy) is 1. The average molecular weight is 275 g/mol. The van der Waals surface area contributed by atoms with Crippen molar-refractivity contribution in [2.45, 2.75) is 39.2 Å². The van der Waals surface area contributed by atoms with Gasteiger partial charge in [0.25, 0.3) is 0 Å². The third kappa shape index (κ3) is 2.64. The Hall–Kier alpha value is -1.97. The summed E-state index contributed by atoms with van der Waals surface area (Å²) in [4.78, 5) is 11.0. The Kier molecular flexibility index (Phi) is 4.02. The fourth-order valence-electron chi connectivity index (χ4n) is 2.69. The van der Waals surface area contributed by atoms with E-state index in [1.165, 1.54) is 0 Å². The summed E-state index contributed by atoms with van der Waals surface area (Å²) >= 11 is 0. The first-order valence-corrected chi connectivity index (χ1v) is 6.84. The summed E-state index contributed by atoms with van der Waals surface area (Å²) in [6, 6.07) is 8.32. The van der Waals surface area contributed by atoms with Gasteiger partial charge in [-0.05, 0) is 38.1 Å². The van der Waals surface area contributed by atoms with Crippen molar-refractivity contribution in [1.29, 1.82) is 0 Å². The molecule has 108 valence electrons. The van der Waals surface area contributed by atoms with E-state index >= 15 is 0 Å². The van der Waals surface area contributed by atoms with Gasteiger partial charge in [0.05, 0.1) is 13.5 Å². The molecule has 1 aromatic heterocycles. The summed E-state index contributed by atoms with van der Waals surface area (Å²) in [6.07, 6.45) is 0.139. The van der Waals surface area contributed by atoms with E-state index in [0.29, 0.717) is 0 Å². The molecule has 0 saturated heterocycles. The number of aliphatic carboxylic acids is 1. The molecule has 0 saturated carbocycles. The standard InChI is InChI=1S/C16H21NO3/c1-10(2)17-14-6-5-13(20-4)8-12(14)9-15(17)11(3)7-16(18)19/h5-6,8-11H,7H2,1-4H3,(H,18,19). The van der Waals surface area contributed by atoms with Crippen LogP contribution in [0.15, 0.2) is 24.3 Å². The first-order valence-electron chi connectivity index (χ1n) is 6.84. The predicted octanol–water partition coefficient (Wildman–Crippen LogP) is 3.81. The van der Waals surface area contributed by atoms with Gasteiger partial charge in [0.1, 0.15) is 5.75 Å². The van der Waals surface area contributed by atoms with Crippen LogP contribution in [0.5, 0.6) is 5.75 Å². The lowest BCUT2D eigenvalue weighted by molar-refractivity contribution is -0.137. The van der Waals surface area contributed by atoms with Crippen LogP contribution in [0.1, 0.15) is 44.8 Å². The average Bonchev–Trinajstić information content (AvgIpc) is 2.76. The summed E-state index contributed by atoms with van der Waals surface area (Å²) in [5.41, 5.74) is 2.18. The molecule has 0 amide bonds. The summed E-state index contributed by atoms with van der Waals surface area (Å²) in [5, 5.41) is 10.1. The number of hydrogen-bond acceptors (Lipinski definition) is 2. The lowest BCUT2D eigenvalue weighted by Gasteiger charge is -2.18. The van der Waals surface area contributed by atoms with Gasteiger partial charge in [0.15, 0.2) is 0 Å². The van der Waals surface area contributed by atoms with Crippen LogP contribution in [0.3, 0.4) is 0 Å². The summed E-state index contributed by atoms with van der Waals surface area (Å²) in [7, 11) is 1.65. The van der Waals surface area contributed by atoms with Crippen LogP contribution >= 0.6 is 0 Å². The Morgan fingerprint density at radius 1 is 1.30 bits per heavy atom. The summed E-state index contributed by atoms with van der Waals surface area (Å²) < 4.78 is 7.46. The van der Waals surface area contributed by atoms with Crippen molar-refractivity contribution in [3.63, 3.8) is 0 Å². The zero-order chi connectivity index (χ0) is 14.9. The van der Waals surface area contributed by atoms with E-state index in [9.17, 15) is 4.79 Å². The van der Waals surface area contributed by atoms with Crippen LogP contribution in [-0.4, -0.2) is 22.8 Å². The van der Waals surface area contributed by atoms with Gasteiger partial charge in [-0.1, -0.05) is 6.92 Å². The highest BCUT2D eigenvalue weighted by atomic mass is 16.5. The number of carboxylic acids is 1. The monoisotopic (exact) mass is 275 g/mol. The molecule has 0 radical (unpaired) electrons. The summed E-state index contributed by atoms with van der Waals surface area (Å²) in [5.74, 6) is 0.0276. The first-order chi connectivity index (χ1) is 9.43. The van der Waals surface area contributed by atoms with Crippen molar-refractivity contribution in [2.24, 2.45) is 0 Å². The molecule has 4 heteroatoms. The van der Waals surface area contributed by atoms with Gasteiger partial charge in [-0.2, -0.15) is 0 Å². The van der Waals surface area contributed by atoms with Crippen LogP contribution in [0.4, 0.5) is 0 Å². The zero-order valence-electron chi connectivity index (χ0n) is 12.4. The van der Waals surface area contributed by atoms with E-state index in [2.05, 4.69) is 24.5 Å². The van der Waals surface area contributed by atoms with Gasteiger partial charge in [-0.3, -0.25) is 4.79 Å². The van der Waals surface area contributed by atoms with Gasteiger partial charge in [0, 0.05) is 28.6 Å². The van der Waals surface area contributed by atoms with Crippen LogP contribution in [-0.2, 0) is 4.79 Å². The molecule has 0 aliphatic carbocycles. The minimum atomic E-state index is -0.768. The lowest BCUT2D eigenvalue weighted by atomic mass is 10.0. The number of hydrogen-bond donors (Lipinski definition) is 1. The quantitative estimate of drug-likeness (QED) is 0.902. The topological polar surface area (TPSA) is 51.5 Å². The van der Waals surface area contributed by atoms with E-state index in [4.69, 9.17) is 9.84 Å². The molecule has 1 N–H and O–H groups in total. The molecule has 1 atom stereocenters. The molecule has 0 aliphatic heterocycles. The molecule has 0 bridgehead atoms. The predicted molar refractivity (Wildman–Crippen MR) is 79.5 cm³/mol. The van der Waals surface area contributed by atoms with Gasteiger partial charge >= 0.3 is 5.97 Å². The van der Waals surface area contributed by atoms with E-state index in [1.807, 2.05) is 25.1 Å². The smallest absolute Gasteiger partial charge is 0.304 e. The SMILES string of the molecule is COc1ccc2c(c1)cc(C(C)CC(=O)O)n2C(C)C. The molecule has 0 aliphatic rings. The Labute approximate surface area is 119 Å². The number of carboxylic acid groups (broad SMARTS) is 1. The fourth-order valence-corrected chi connectivity index (χ4v) is 2.69. The number of aromatic nitrogens is 1. The van der Waals surface area contributed by atoms with Crippen LogP contribution in [0.25, 0.3) is 10.9 Å². The molecule has 1 aromatic carbocycles. The number of methoxy groups -OCH3 is 1. The fraction of sp³-hybridized carbons (Fsp3) is 0.438. The Balaban J connectivity index is 2.57. The normalized spacial score (nSPS) is 12.8. The maximum absolute atomic E-state index is 11.0. The van der Waals surface area contributed by atoms with Gasteiger partial charge in [0.2, 0.25) is 0 Å². The van der Waals surface area contributed by atoms with Crippen LogP contribution in [0.2, 0.25) is 0 Å². The van der Waals surface area contributed by atoms with Crippen LogP contribution < -0.4 is 4.74 Å². The molecule has 1 heterocycles. The molecule has 4 nitrogen and oxygen atoms in total. The van der Waals surface area contributed by atoms with Crippen molar-refractivity contribution in [1.82, 2.24) is 4.57 Å². The van der Waals surface area contributed by atoms with Crippen molar-refractivity contribution < 1.29 is 14.6 Å². The number of carbonyl (C=O) groups is 1. The molecule has 1 unspecified atom stereocenters. The number of fused-ring (bicyclic) bond motifs is 1. The van der Waals surface area contributed by atoms with Crippen molar-refractivity contribution in [3.8, 4) is 5.75 Å². The second-order valence-electron chi connectivity index (χ2n) is 5.46.